The van der Waals surface area contributed by atoms with Crippen LogP contribution in [-0.2, 0) is 28.6 Å². The summed E-state index contributed by atoms with van der Waals surface area (Å²) < 4.78 is 33.3. The number of carbonyl (C=O) groups excluding carboxylic acids is 4. The molecule has 35 heavy (non-hydrogen) atoms. The number of alkyl halides is 2. The van der Waals surface area contributed by atoms with Gasteiger partial charge in [-0.3, -0.25) is 9.59 Å². The van der Waals surface area contributed by atoms with E-state index in [0.29, 0.717) is 24.8 Å². The van der Waals surface area contributed by atoms with E-state index in [1.165, 1.54) is 18.2 Å². The SMILES string of the molecule is CC(C)OC(=O)O[C@]1(C(=O)OCCl)[C@H](C)C[C@H]2[C@@H]3CCC4=CC(=O)C=C[C@]4(C)[C@@]3(F)C(=O)C[C@@]21C. The molecule has 0 saturated heterocycles. The van der Waals surface area contributed by atoms with Gasteiger partial charge in [0.25, 0.3) is 0 Å². The molecule has 0 radical (unpaired) electrons. The lowest BCUT2D eigenvalue weighted by atomic mass is 9.45. The molecule has 4 rings (SSSR count). The van der Waals surface area contributed by atoms with Crippen LogP contribution in [0.2, 0.25) is 0 Å². The molecule has 3 fully saturated rings. The Morgan fingerprint density at radius 3 is 2.54 bits per heavy atom. The van der Waals surface area contributed by atoms with Crippen molar-refractivity contribution in [1.82, 2.24) is 0 Å². The fourth-order valence-electron chi connectivity index (χ4n) is 7.46. The van der Waals surface area contributed by atoms with E-state index < -0.39 is 69.9 Å². The summed E-state index contributed by atoms with van der Waals surface area (Å²) in [5, 5.41) is 0. The number of hydrogen-bond donors (Lipinski definition) is 0. The van der Waals surface area contributed by atoms with E-state index in [1.807, 2.05) is 0 Å². The number of ether oxygens (including phenoxy) is 3. The van der Waals surface area contributed by atoms with Crippen molar-refractivity contribution in [3.05, 3.63) is 23.8 Å². The first-order chi connectivity index (χ1) is 16.3. The number of hydrogen-bond acceptors (Lipinski definition) is 7. The second-order valence-corrected chi connectivity index (χ2v) is 11.2. The van der Waals surface area contributed by atoms with Crippen molar-refractivity contribution in [1.29, 1.82) is 0 Å². The Labute approximate surface area is 209 Å². The van der Waals surface area contributed by atoms with Crippen LogP contribution < -0.4 is 0 Å². The molecule has 0 unspecified atom stereocenters. The summed E-state index contributed by atoms with van der Waals surface area (Å²) in [5.41, 5.74) is -6.02. The third-order valence-corrected chi connectivity index (χ3v) is 9.12. The van der Waals surface area contributed by atoms with Crippen molar-refractivity contribution in [2.24, 2.45) is 28.6 Å². The second-order valence-electron chi connectivity index (χ2n) is 11.0. The van der Waals surface area contributed by atoms with Crippen LogP contribution in [0.15, 0.2) is 23.8 Å². The van der Waals surface area contributed by atoms with Gasteiger partial charge in [0.15, 0.2) is 23.3 Å². The van der Waals surface area contributed by atoms with Gasteiger partial charge in [-0.15, -0.1) is 0 Å². The number of carbonyl (C=O) groups is 4. The topological polar surface area (TPSA) is 96.0 Å². The number of esters is 1. The summed E-state index contributed by atoms with van der Waals surface area (Å²) in [6.45, 7) is 8.39. The van der Waals surface area contributed by atoms with Crippen LogP contribution in [0.3, 0.4) is 0 Å². The number of halogens is 2. The Kier molecular flexibility index (Phi) is 6.23. The zero-order valence-electron chi connectivity index (χ0n) is 20.7. The molecule has 192 valence electrons. The van der Waals surface area contributed by atoms with Crippen molar-refractivity contribution < 1.29 is 37.8 Å². The van der Waals surface area contributed by atoms with Crippen LogP contribution in [0.1, 0.15) is 60.3 Å². The Hall–Kier alpha value is -2.22. The number of rotatable bonds is 4. The van der Waals surface area contributed by atoms with Crippen molar-refractivity contribution in [2.45, 2.75) is 77.7 Å². The van der Waals surface area contributed by atoms with E-state index in [9.17, 15) is 19.2 Å². The zero-order valence-corrected chi connectivity index (χ0v) is 21.4. The number of allylic oxidation sites excluding steroid dienone is 4. The lowest BCUT2D eigenvalue weighted by Crippen LogP contribution is -2.68. The third-order valence-electron chi connectivity index (χ3n) is 9.01. The molecule has 0 amide bonds. The molecule has 0 spiro atoms. The largest absolute Gasteiger partial charge is 0.509 e. The smallest absolute Gasteiger partial charge is 0.446 e. The monoisotopic (exact) mass is 510 g/mol. The van der Waals surface area contributed by atoms with E-state index >= 15 is 4.39 Å². The summed E-state index contributed by atoms with van der Waals surface area (Å²) >= 11 is 5.71. The minimum atomic E-state index is -2.26. The van der Waals surface area contributed by atoms with E-state index in [2.05, 4.69) is 0 Å². The maximum absolute atomic E-state index is 17.2. The molecule has 3 saturated carbocycles. The number of ketones is 2. The van der Waals surface area contributed by atoms with Crippen molar-refractivity contribution in [2.75, 3.05) is 6.07 Å². The van der Waals surface area contributed by atoms with Gasteiger partial charge in [-0.25, -0.2) is 14.0 Å². The molecule has 9 heteroatoms. The van der Waals surface area contributed by atoms with Crippen LogP contribution in [0.4, 0.5) is 9.18 Å². The van der Waals surface area contributed by atoms with E-state index in [4.69, 9.17) is 25.8 Å². The van der Waals surface area contributed by atoms with Crippen LogP contribution in [-0.4, -0.2) is 47.1 Å². The molecule has 0 aromatic rings. The predicted molar refractivity (Wildman–Crippen MR) is 124 cm³/mol. The summed E-state index contributed by atoms with van der Waals surface area (Å²) in [7, 11) is 0. The number of Topliss-reactive ketones (excluding diaryl/α,β-unsaturated/α-hetero) is 1. The van der Waals surface area contributed by atoms with Gasteiger partial charge in [-0.2, -0.15) is 0 Å². The van der Waals surface area contributed by atoms with Gasteiger partial charge in [-0.05, 0) is 58.1 Å². The maximum Gasteiger partial charge on any atom is 0.509 e. The van der Waals surface area contributed by atoms with Crippen molar-refractivity contribution in [3.8, 4) is 0 Å². The average molecular weight is 511 g/mol. The molecule has 0 bridgehead atoms. The van der Waals surface area contributed by atoms with Gasteiger partial charge in [0.1, 0.15) is 0 Å². The standard InChI is InChI=1S/C26H32ClFO7/c1-14(2)34-22(32)35-26(21(31)33-13-27)15(3)10-19-18-7-6-16-11-17(29)8-9-23(16,4)25(18,28)20(30)12-24(19,26)5/h8-9,11,14-15,18-19H,6-7,10,12-13H2,1-5H3/t15-,18+,19+,23+,24+,25+,26+/m1/s1. The first-order valence-corrected chi connectivity index (χ1v) is 12.6. The fraction of sp³-hybridized carbons (Fsp3) is 0.692. The lowest BCUT2D eigenvalue weighted by molar-refractivity contribution is -0.204. The summed E-state index contributed by atoms with van der Waals surface area (Å²) in [5.74, 6) is -3.56. The predicted octanol–water partition coefficient (Wildman–Crippen LogP) is 4.85. The summed E-state index contributed by atoms with van der Waals surface area (Å²) in [6, 6.07) is -0.466. The molecule has 7 nitrogen and oxygen atoms in total. The Morgan fingerprint density at radius 1 is 1.23 bits per heavy atom. The molecular formula is C26H32ClFO7. The maximum atomic E-state index is 17.2. The summed E-state index contributed by atoms with van der Waals surface area (Å²) in [6.07, 6.45) is 3.49. The van der Waals surface area contributed by atoms with Gasteiger partial charge in [-0.1, -0.05) is 37.1 Å². The third kappa shape index (κ3) is 3.35. The van der Waals surface area contributed by atoms with E-state index in [0.717, 1.165) is 0 Å². The normalized spacial score (nSPS) is 42.1. The lowest BCUT2D eigenvalue weighted by Gasteiger charge is -2.59. The first kappa shape index (κ1) is 25.9. The highest BCUT2D eigenvalue weighted by Crippen LogP contribution is 2.70. The van der Waals surface area contributed by atoms with E-state index in [1.54, 1.807) is 34.6 Å². The highest BCUT2D eigenvalue weighted by atomic mass is 35.5. The highest BCUT2D eigenvalue weighted by Gasteiger charge is 2.78. The van der Waals surface area contributed by atoms with Crippen LogP contribution in [0, 0.1) is 28.6 Å². The van der Waals surface area contributed by atoms with Crippen LogP contribution in [0.5, 0.6) is 0 Å². The Morgan fingerprint density at radius 2 is 1.91 bits per heavy atom. The average Bonchev–Trinajstić information content (AvgIpc) is 2.97. The summed E-state index contributed by atoms with van der Waals surface area (Å²) in [4.78, 5) is 51.9. The van der Waals surface area contributed by atoms with Gasteiger partial charge in [0, 0.05) is 29.1 Å². The Bertz CT molecular complexity index is 1040. The zero-order chi connectivity index (χ0) is 26.0. The van der Waals surface area contributed by atoms with Crippen LogP contribution >= 0.6 is 11.6 Å². The first-order valence-electron chi connectivity index (χ1n) is 12.1. The van der Waals surface area contributed by atoms with Gasteiger partial charge in [0.2, 0.25) is 5.60 Å². The van der Waals surface area contributed by atoms with Crippen LogP contribution in [0.25, 0.3) is 0 Å². The quantitative estimate of drug-likeness (QED) is 0.394. The molecule has 0 aliphatic heterocycles. The van der Waals surface area contributed by atoms with E-state index in [-0.39, 0.29) is 12.2 Å². The molecule has 0 N–H and O–H groups in total. The molecular weight excluding hydrogens is 479 g/mol. The number of fused-ring (bicyclic) bond motifs is 5. The molecule has 4 aliphatic rings. The molecule has 0 aromatic heterocycles. The van der Waals surface area contributed by atoms with Crippen molar-refractivity contribution >= 4 is 35.3 Å². The van der Waals surface area contributed by atoms with Gasteiger partial charge >= 0.3 is 12.1 Å². The molecule has 7 atom stereocenters. The molecule has 0 aromatic carbocycles. The van der Waals surface area contributed by atoms with Gasteiger partial charge in [0.05, 0.1) is 6.10 Å². The van der Waals surface area contributed by atoms with Crippen molar-refractivity contribution in [3.63, 3.8) is 0 Å². The second kappa shape index (κ2) is 8.43. The molecule has 4 aliphatic carbocycles. The molecule has 0 heterocycles. The minimum absolute atomic E-state index is 0.220. The van der Waals surface area contributed by atoms with Gasteiger partial charge < -0.3 is 14.2 Å². The highest BCUT2D eigenvalue weighted by molar-refractivity contribution is 6.17. The fourth-order valence-corrected chi connectivity index (χ4v) is 7.56. The Balaban J connectivity index is 1.82. The minimum Gasteiger partial charge on any atom is -0.446 e.